The first-order valence-electron chi connectivity index (χ1n) is 6.94. The molecule has 0 amide bonds. The summed E-state index contributed by atoms with van der Waals surface area (Å²) in [6.07, 6.45) is 2.27. The molecular weight excluding hydrogens is 314 g/mol. The maximum absolute atomic E-state index is 9.72. The lowest BCUT2D eigenvalue weighted by atomic mass is 9.76. The summed E-state index contributed by atoms with van der Waals surface area (Å²) < 4.78 is 1.21. The molecule has 3 rings (SSSR count). The molecule has 2 aromatic rings. The van der Waals surface area contributed by atoms with Crippen molar-refractivity contribution in [2.45, 2.75) is 31.7 Å². The van der Waals surface area contributed by atoms with E-state index < -0.39 is 0 Å². The lowest BCUT2D eigenvalue weighted by Crippen LogP contribution is -2.34. The molecule has 1 aliphatic carbocycles. The van der Waals surface area contributed by atoms with Gasteiger partial charge in [0.25, 0.3) is 0 Å². The summed E-state index contributed by atoms with van der Waals surface area (Å²) >= 11 is 3.62. The van der Waals surface area contributed by atoms with Crippen LogP contribution in [0.3, 0.4) is 0 Å². The van der Waals surface area contributed by atoms with Gasteiger partial charge in [0.15, 0.2) is 0 Å². The third kappa shape index (κ3) is 2.68. The molecule has 0 heterocycles. The van der Waals surface area contributed by atoms with Crippen LogP contribution in [0.5, 0.6) is 5.75 Å². The Labute approximate surface area is 128 Å². The van der Waals surface area contributed by atoms with Crippen molar-refractivity contribution in [3.8, 4) is 5.75 Å². The van der Waals surface area contributed by atoms with Gasteiger partial charge in [0.2, 0.25) is 0 Å². The Bertz CT molecular complexity index is 620. The van der Waals surface area contributed by atoms with Gasteiger partial charge in [-0.1, -0.05) is 40.2 Å². The highest BCUT2D eigenvalue weighted by atomic mass is 79.9. The van der Waals surface area contributed by atoms with Crippen molar-refractivity contribution in [1.29, 1.82) is 0 Å². The molecular formula is C17H18BrNO. The standard InChI is InChI=1S/C17H18BrNO/c1-11-6-7-13(10-17(11)20)19-14-8-12(9-14)15-4-2-3-5-16(15)18/h2-7,10,12,14,19-20H,8-9H2,1H3. The quantitative estimate of drug-likeness (QED) is 0.844. The second kappa shape index (κ2) is 5.49. The Morgan fingerprint density at radius 3 is 2.60 bits per heavy atom. The van der Waals surface area contributed by atoms with Crippen LogP contribution in [-0.4, -0.2) is 11.1 Å². The Morgan fingerprint density at radius 1 is 1.15 bits per heavy atom. The van der Waals surface area contributed by atoms with Crippen LogP contribution >= 0.6 is 15.9 Å². The zero-order valence-electron chi connectivity index (χ0n) is 11.4. The molecule has 0 saturated heterocycles. The normalized spacial score (nSPS) is 21.3. The van der Waals surface area contributed by atoms with E-state index in [2.05, 4.69) is 45.5 Å². The molecule has 20 heavy (non-hydrogen) atoms. The molecule has 0 aromatic heterocycles. The van der Waals surface area contributed by atoms with Crippen LogP contribution in [0.15, 0.2) is 46.9 Å². The minimum absolute atomic E-state index is 0.358. The molecule has 0 bridgehead atoms. The van der Waals surface area contributed by atoms with E-state index in [1.807, 2.05) is 19.1 Å². The number of phenolic OH excluding ortho intramolecular Hbond substituents is 1. The second-order valence-electron chi connectivity index (χ2n) is 5.53. The van der Waals surface area contributed by atoms with E-state index in [-0.39, 0.29) is 0 Å². The van der Waals surface area contributed by atoms with Gasteiger partial charge in [0.05, 0.1) is 0 Å². The molecule has 0 radical (unpaired) electrons. The SMILES string of the molecule is Cc1ccc(NC2CC(c3ccccc3Br)C2)cc1O. The van der Waals surface area contributed by atoms with E-state index in [0.29, 0.717) is 17.7 Å². The summed E-state index contributed by atoms with van der Waals surface area (Å²) in [6.45, 7) is 1.91. The van der Waals surface area contributed by atoms with Crippen molar-refractivity contribution in [2.24, 2.45) is 0 Å². The van der Waals surface area contributed by atoms with Gasteiger partial charge < -0.3 is 10.4 Å². The van der Waals surface area contributed by atoms with Crippen LogP contribution in [0.25, 0.3) is 0 Å². The number of nitrogens with one attached hydrogen (secondary N) is 1. The van der Waals surface area contributed by atoms with Crippen LogP contribution in [0.2, 0.25) is 0 Å². The van der Waals surface area contributed by atoms with Gasteiger partial charge in [-0.15, -0.1) is 0 Å². The van der Waals surface area contributed by atoms with Crippen LogP contribution in [0, 0.1) is 6.92 Å². The highest BCUT2D eigenvalue weighted by Crippen LogP contribution is 2.41. The molecule has 1 aliphatic rings. The molecule has 2 nitrogen and oxygen atoms in total. The number of aryl methyl sites for hydroxylation is 1. The zero-order chi connectivity index (χ0) is 14.1. The topological polar surface area (TPSA) is 32.3 Å². The molecule has 1 fully saturated rings. The fraction of sp³-hybridized carbons (Fsp3) is 0.294. The Kier molecular flexibility index (Phi) is 3.70. The number of phenols is 1. The predicted octanol–water partition coefficient (Wildman–Crippen LogP) is 4.82. The molecule has 104 valence electrons. The Balaban J connectivity index is 1.61. The molecule has 1 saturated carbocycles. The van der Waals surface area contributed by atoms with Crippen molar-refractivity contribution in [1.82, 2.24) is 0 Å². The summed E-state index contributed by atoms with van der Waals surface area (Å²) in [5.74, 6) is 0.985. The van der Waals surface area contributed by atoms with Crippen molar-refractivity contribution in [2.75, 3.05) is 5.32 Å². The first-order chi connectivity index (χ1) is 9.63. The third-order valence-corrected chi connectivity index (χ3v) is 4.79. The van der Waals surface area contributed by atoms with Crippen LogP contribution in [-0.2, 0) is 0 Å². The lowest BCUT2D eigenvalue weighted by Gasteiger charge is -2.37. The Hall–Kier alpha value is -1.48. The van der Waals surface area contributed by atoms with Gasteiger partial charge in [-0.2, -0.15) is 0 Å². The largest absolute Gasteiger partial charge is 0.508 e. The number of halogens is 1. The summed E-state index contributed by atoms with van der Waals surface area (Å²) in [5.41, 5.74) is 3.32. The molecule has 3 heteroatoms. The number of hydrogen-bond donors (Lipinski definition) is 2. The van der Waals surface area contributed by atoms with Crippen molar-refractivity contribution < 1.29 is 5.11 Å². The van der Waals surface area contributed by atoms with E-state index in [4.69, 9.17) is 0 Å². The summed E-state index contributed by atoms with van der Waals surface area (Å²) in [6, 6.07) is 14.7. The number of hydrogen-bond acceptors (Lipinski definition) is 2. The minimum atomic E-state index is 0.358. The van der Waals surface area contributed by atoms with Gasteiger partial charge >= 0.3 is 0 Å². The van der Waals surface area contributed by atoms with E-state index >= 15 is 0 Å². The highest BCUT2D eigenvalue weighted by molar-refractivity contribution is 9.10. The first-order valence-corrected chi connectivity index (χ1v) is 7.73. The number of aromatic hydroxyl groups is 1. The highest BCUT2D eigenvalue weighted by Gasteiger charge is 2.31. The molecule has 2 aromatic carbocycles. The zero-order valence-corrected chi connectivity index (χ0v) is 13.0. The lowest BCUT2D eigenvalue weighted by molar-refractivity contribution is 0.373. The van der Waals surface area contributed by atoms with E-state index in [0.717, 1.165) is 24.1 Å². The monoisotopic (exact) mass is 331 g/mol. The number of rotatable bonds is 3. The number of benzene rings is 2. The third-order valence-electron chi connectivity index (χ3n) is 4.06. The van der Waals surface area contributed by atoms with Gasteiger partial charge in [-0.25, -0.2) is 0 Å². The van der Waals surface area contributed by atoms with Crippen molar-refractivity contribution in [3.05, 3.63) is 58.1 Å². The predicted molar refractivity (Wildman–Crippen MR) is 86.4 cm³/mol. The van der Waals surface area contributed by atoms with Crippen LogP contribution in [0.1, 0.15) is 29.9 Å². The van der Waals surface area contributed by atoms with Gasteiger partial charge in [0.1, 0.15) is 5.75 Å². The average Bonchev–Trinajstić information content (AvgIpc) is 2.39. The first kappa shape index (κ1) is 13.5. The average molecular weight is 332 g/mol. The molecule has 0 spiro atoms. The van der Waals surface area contributed by atoms with Gasteiger partial charge in [0, 0.05) is 22.3 Å². The van der Waals surface area contributed by atoms with Gasteiger partial charge in [-0.05, 0) is 48.9 Å². The molecule has 0 unspecified atom stereocenters. The molecule has 0 aliphatic heterocycles. The maximum atomic E-state index is 9.72. The molecule has 0 atom stereocenters. The smallest absolute Gasteiger partial charge is 0.120 e. The van der Waals surface area contributed by atoms with Gasteiger partial charge in [-0.3, -0.25) is 0 Å². The van der Waals surface area contributed by atoms with Crippen LogP contribution < -0.4 is 5.32 Å². The minimum Gasteiger partial charge on any atom is -0.508 e. The number of anilines is 1. The van der Waals surface area contributed by atoms with E-state index in [1.165, 1.54) is 10.0 Å². The fourth-order valence-electron chi connectivity index (χ4n) is 2.73. The van der Waals surface area contributed by atoms with Crippen molar-refractivity contribution >= 4 is 21.6 Å². The van der Waals surface area contributed by atoms with E-state index in [1.54, 1.807) is 6.07 Å². The Morgan fingerprint density at radius 2 is 1.90 bits per heavy atom. The molecule has 2 N–H and O–H groups in total. The summed E-state index contributed by atoms with van der Waals surface area (Å²) in [5, 5.41) is 13.2. The summed E-state index contributed by atoms with van der Waals surface area (Å²) in [4.78, 5) is 0. The maximum Gasteiger partial charge on any atom is 0.120 e. The second-order valence-corrected chi connectivity index (χ2v) is 6.39. The summed E-state index contributed by atoms with van der Waals surface area (Å²) in [7, 11) is 0. The van der Waals surface area contributed by atoms with E-state index in [9.17, 15) is 5.11 Å². The fourth-order valence-corrected chi connectivity index (χ4v) is 3.34. The van der Waals surface area contributed by atoms with Crippen molar-refractivity contribution in [3.63, 3.8) is 0 Å². The van der Waals surface area contributed by atoms with Crippen LogP contribution in [0.4, 0.5) is 5.69 Å².